The lowest BCUT2D eigenvalue weighted by Crippen LogP contribution is -2.30. The van der Waals surface area contributed by atoms with E-state index in [-0.39, 0.29) is 17.4 Å². The van der Waals surface area contributed by atoms with Crippen molar-refractivity contribution < 1.29 is 27.1 Å². The first-order valence-corrected chi connectivity index (χ1v) is 11.6. The summed E-state index contributed by atoms with van der Waals surface area (Å²) < 4.78 is 50.2. The summed E-state index contributed by atoms with van der Waals surface area (Å²) in [5, 5.41) is 2.79. The molecule has 3 aromatic carbocycles. The molecule has 0 aromatic heterocycles. The number of ether oxygens (including phenoxy) is 2. The maximum atomic E-state index is 13.1. The van der Waals surface area contributed by atoms with Gasteiger partial charge in [0.05, 0.1) is 17.7 Å². The summed E-state index contributed by atoms with van der Waals surface area (Å²) in [6.07, 6.45) is 0.680. The molecule has 0 fully saturated rings. The molecule has 0 saturated carbocycles. The number of halogens is 1. The predicted molar refractivity (Wildman–Crippen MR) is 124 cm³/mol. The predicted octanol–water partition coefficient (Wildman–Crippen LogP) is 3.40. The van der Waals surface area contributed by atoms with E-state index in [1.54, 1.807) is 31.4 Å². The zero-order valence-electron chi connectivity index (χ0n) is 18.3. The van der Waals surface area contributed by atoms with Crippen LogP contribution in [0.15, 0.2) is 77.7 Å². The highest BCUT2D eigenvalue weighted by Gasteiger charge is 2.21. The molecule has 174 valence electrons. The largest absolute Gasteiger partial charge is 0.497 e. The fourth-order valence-corrected chi connectivity index (χ4v) is 4.19. The van der Waals surface area contributed by atoms with Crippen LogP contribution >= 0.6 is 0 Å². The van der Waals surface area contributed by atoms with E-state index in [1.165, 1.54) is 19.2 Å². The number of sulfonamides is 1. The Bertz CT molecular complexity index is 1160. The Balaban J connectivity index is 1.48. The fraction of sp³-hybridized carbons (Fsp3) is 0.208. The number of amides is 1. The van der Waals surface area contributed by atoms with Crippen molar-refractivity contribution in [2.75, 3.05) is 31.6 Å². The molecule has 0 aliphatic heterocycles. The van der Waals surface area contributed by atoms with E-state index in [1.807, 2.05) is 24.3 Å². The van der Waals surface area contributed by atoms with E-state index in [9.17, 15) is 17.6 Å². The molecule has 0 spiro atoms. The molecule has 0 aliphatic rings. The van der Waals surface area contributed by atoms with E-state index in [2.05, 4.69) is 5.32 Å². The monoisotopic (exact) mass is 472 g/mol. The number of anilines is 1. The maximum absolute atomic E-state index is 13.1. The number of benzene rings is 3. The lowest BCUT2D eigenvalue weighted by molar-refractivity contribution is -0.123. The molecule has 0 aliphatic carbocycles. The minimum Gasteiger partial charge on any atom is -0.497 e. The molecule has 0 saturated heterocycles. The molecular formula is C24H25FN2O5S. The standard InChI is InChI=1S/C24H25FN2O5S/c1-27(33(29,30)23-13-5-19(25)6-14-23)20-7-11-22(12-8-20)32-17-24(28)26-16-15-18-3-9-21(31-2)10-4-18/h3-14H,15-17H2,1-2H3,(H,26,28). The molecule has 3 aromatic rings. The Morgan fingerprint density at radius 3 is 2.15 bits per heavy atom. The van der Waals surface area contributed by atoms with Crippen LogP contribution in [0.2, 0.25) is 0 Å². The summed E-state index contributed by atoms with van der Waals surface area (Å²) in [5.41, 5.74) is 1.47. The van der Waals surface area contributed by atoms with Gasteiger partial charge in [0.15, 0.2) is 6.61 Å². The number of hydrogen-bond donors (Lipinski definition) is 1. The Kier molecular flexibility index (Phi) is 7.89. The Hall–Kier alpha value is -3.59. The van der Waals surface area contributed by atoms with Gasteiger partial charge < -0.3 is 14.8 Å². The summed E-state index contributed by atoms with van der Waals surface area (Å²) in [7, 11) is -0.814. The number of nitrogens with zero attached hydrogens (tertiary/aromatic N) is 1. The van der Waals surface area contributed by atoms with Crippen molar-refractivity contribution in [3.8, 4) is 11.5 Å². The molecule has 7 nitrogen and oxygen atoms in total. The van der Waals surface area contributed by atoms with Gasteiger partial charge in [-0.15, -0.1) is 0 Å². The highest BCUT2D eigenvalue weighted by molar-refractivity contribution is 7.92. The fourth-order valence-electron chi connectivity index (χ4n) is 2.99. The van der Waals surface area contributed by atoms with Crippen molar-refractivity contribution in [1.82, 2.24) is 5.32 Å². The van der Waals surface area contributed by atoms with Gasteiger partial charge in [-0.1, -0.05) is 12.1 Å². The van der Waals surface area contributed by atoms with E-state index < -0.39 is 15.8 Å². The van der Waals surface area contributed by atoms with Gasteiger partial charge in [-0.05, 0) is 72.6 Å². The van der Waals surface area contributed by atoms with Crippen molar-refractivity contribution in [2.24, 2.45) is 0 Å². The summed E-state index contributed by atoms with van der Waals surface area (Å²) in [5.74, 6) is 0.435. The molecule has 33 heavy (non-hydrogen) atoms. The van der Waals surface area contributed by atoms with Crippen LogP contribution in [-0.4, -0.2) is 41.6 Å². The van der Waals surface area contributed by atoms with Crippen LogP contribution in [0.4, 0.5) is 10.1 Å². The van der Waals surface area contributed by atoms with Crippen molar-refractivity contribution in [2.45, 2.75) is 11.3 Å². The van der Waals surface area contributed by atoms with Gasteiger partial charge in [-0.25, -0.2) is 12.8 Å². The normalized spacial score (nSPS) is 11.0. The zero-order chi connectivity index (χ0) is 23.8. The third-order valence-electron chi connectivity index (χ3n) is 4.94. The third-order valence-corrected chi connectivity index (χ3v) is 6.74. The number of rotatable bonds is 10. The Morgan fingerprint density at radius 1 is 0.939 bits per heavy atom. The lowest BCUT2D eigenvalue weighted by Gasteiger charge is -2.20. The van der Waals surface area contributed by atoms with Crippen molar-refractivity contribution in [3.05, 3.63) is 84.2 Å². The van der Waals surface area contributed by atoms with Gasteiger partial charge in [-0.3, -0.25) is 9.10 Å². The van der Waals surface area contributed by atoms with Gasteiger partial charge in [-0.2, -0.15) is 0 Å². The number of carbonyl (C=O) groups is 1. The zero-order valence-corrected chi connectivity index (χ0v) is 19.1. The summed E-state index contributed by atoms with van der Waals surface area (Å²) >= 11 is 0. The summed E-state index contributed by atoms with van der Waals surface area (Å²) in [6.45, 7) is 0.311. The SMILES string of the molecule is COc1ccc(CCNC(=O)COc2ccc(N(C)S(=O)(=O)c3ccc(F)cc3)cc2)cc1. The van der Waals surface area contributed by atoms with E-state index in [0.29, 0.717) is 24.4 Å². The van der Waals surface area contributed by atoms with Crippen LogP contribution in [0.25, 0.3) is 0 Å². The molecule has 3 rings (SSSR count). The minimum absolute atomic E-state index is 0.0157. The smallest absolute Gasteiger partial charge is 0.264 e. The first-order chi connectivity index (χ1) is 15.8. The highest BCUT2D eigenvalue weighted by atomic mass is 32.2. The molecule has 0 bridgehead atoms. The molecular weight excluding hydrogens is 447 g/mol. The lowest BCUT2D eigenvalue weighted by atomic mass is 10.1. The number of methoxy groups -OCH3 is 1. The van der Waals surface area contributed by atoms with Crippen molar-refractivity contribution in [3.63, 3.8) is 0 Å². The minimum atomic E-state index is -3.83. The van der Waals surface area contributed by atoms with Gasteiger partial charge in [0.25, 0.3) is 15.9 Å². The molecule has 0 radical (unpaired) electrons. The highest BCUT2D eigenvalue weighted by Crippen LogP contribution is 2.24. The molecule has 9 heteroatoms. The summed E-state index contributed by atoms with van der Waals surface area (Å²) in [4.78, 5) is 12.0. The van der Waals surface area contributed by atoms with E-state index >= 15 is 0 Å². The van der Waals surface area contributed by atoms with Crippen molar-refractivity contribution >= 4 is 21.6 Å². The van der Waals surface area contributed by atoms with Gasteiger partial charge >= 0.3 is 0 Å². The summed E-state index contributed by atoms with van der Waals surface area (Å²) in [6, 6.07) is 18.5. The van der Waals surface area contributed by atoms with Crippen LogP contribution in [0.3, 0.4) is 0 Å². The maximum Gasteiger partial charge on any atom is 0.264 e. The van der Waals surface area contributed by atoms with Crippen molar-refractivity contribution in [1.29, 1.82) is 0 Å². The second-order valence-corrected chi connectivity index (χ2v) is 9.13. The van der Waals surface area contributed by atoms with Crippen LogP contribution in [0.5, 0.6) is 11.5 Å². The first-order valence-electron chi connectivity index (χ1n) is 10.2. The molecule has 0 unspecified atom stereocenters. The average Bonchev–Trinajstić information content (AvgIpc) is 2.83. The number of hydrogen-bond acceptors (Lipinski definition) is 5. The molecule has 0 heterocycles. The van der Waals surface area contributed by atoms with Gasteiger partial charge in [0, 0.05) is 13.6 Å². The Labute approximate surface area is 192 Å². The van der Waals surface area contributed by atoms with E-state index in [0.717, 1.165) is 27.8 Å². The second-order valence-electron chi connectivity index (χ2n) is 7.16. The molecule has 1 N–H and O–H groups in total. The molecule has 1 amide bonds. The number of carbonyl (C=O) groups excluding carboxylic acids is 1. The quantitative estimate of drug-likeness (QED) is 0.489. The van der Waals surface area contributed by atoms with Crippen LogP contribution in [0.1, 0.15) is 5.56 Å². The third kappa shape index (κ3) is 6.45. The van der Waals surface area contributed by atoms with Crippen LogP contribution in [0, 0.1) is 5.82 Å². The number of nitrogens with one attached hydrogen (secondary N) is 1. The van der Waals surface area contributed by atoms with Gasteiger partial charge in [0.1, 0.15) is 17.3 Å². The van der Waals surface area contributed by atoms with Crippen LogP contribution < -0.4 is 19.1 Å². The Morgan fingerprint density at radius 2 is 1.55 bits per heavy atom. The first kappa shape index (κ1) is 24.1. The molecule has 0 atom stereocenters. The van der Waals surface area contributed by atoms with E-state index in [4.69, 9.17) is 9.47 Å². The van der Waals surface area contributed by atoms with Gasteiger partial charge in [0.2, 0.25) is 0 Å². The average molecular weight is 473 g/mol. The topological polar surface area (TPSA) is 84.9 Å². The van der Waals surface area contributed by atoms with Crippen LogP contribution in [-0.2, 0) is 21.2 Å². The second kappa shape index (κ2) is 10.8.